The van der Waals surface area contributed by atoms with E-state index in [0.29, 0.717) is 24.6 Å². The Morgan fingerprint density at radius 1 is 1.58 bits per heavy atom. The molecule has 6 heteroatoms. The molecule has 0 spiro atoms. The summed E-state index contributed by atoms with van der Waals surface area (Å²) in [7, 11) is 0. The number of aromatic carboxylic acids is 1. The lowest BCUT2D eigenvalue weighted by molar-refractivity contribution is 0.0686. The van der Waals surface area contributed by atoms with E-state index in [4.69, 9.17) is 9.47 Å². The fourth-order valence-corrected chi connectivity index (χ4v) is 2.19. The zero-order chi connectivity index (χ0) is 13.4. The predicted octanol–water partition coefficient (Wildman–Crippen LogP) is 1.51. The minimum atomic E-state index is -1.01. The average Bonchev–Trinajstić information content (AvgIpc) is 2.95. The largest absolute Gasteiger partial charge is 0.487 e. The van der Waals surface area contributed by atoms with Gasteiger partial charge in [-0.25, -0.2) is 9.78 Å². The van der Waals surface area contributed by atoms with Crippen LogP contribution in [0.25, 0.3) is 5.65 Å². The summed E-state index contributed by atoms with van der Waals surface area (Å²) >= 11 is 0. The molecule has 1 aliphatic heterocycles. The van der Waals surface area contributed by atoms with Gasteiger partial charge >= 0.3 is 5.97 Å². The van der Waals surface area contributed by atoms with Crippen LogP contribution < -0.4 is 4.74 Å². The van der Waals surface area contributed by atoms with E-state index in [2.05, 4.69) is 4.98 Å². The third kappa shape index (κ3) is 2.26. The van der Waals surface area contributed by atoms with Crippen LogP contribution in [-0.2, 0) is 4.74 Å². The van der Waals surface area contributed by atoms with Crippen molar-refractivity contribution in [3.8, 4) is 5.75 Å². The maximum Gasteiger partial charge on any atom is 0.341 e. The number of carboxylic acids is 1. The normalized spacial score (nSPS) is 18.9. The van der Waals surface area contributed by atoms with Crippen molar-refractivity contribution in [1.29, 1.82) is 0 Å². The Morgan fingerprint density at radius 2 is 2.42 bits per heavy atom. The quantitative estimate of drug-likeness (QED) is 0.907. The first kappa shape index (κ1) is 12.0. The predicted molar refractivity (Wildman–Crippen MR) is 66.7 cm³/mol. The number of hydrogen-bond donors (Lipinski definition) is 1. The first-order chi connectivity index (χ1) is 9.13. The van der Waals surface area contributed by atoms with Gasteiger partial charge in [-0.05, 0) is 6.92 Å². The first-order valence-electron chi connectivity index (χ1n) is 6.10. The molecule has 3 heterocycles. The van der Waals surface area contributed by atoms with Gasteiger partial charge in [-0.1, -0.05) is 0 Å². The molecule has 1 fully saturated rings. The van der Waals surface area contributed by atoms with E-state index in [1.165, 1.54) is 6.20 Å². The van der Waals surface area contributed by atoms with Crippen molar-refractivity contribution in [3.05, 3.63) is 29.7 Å². The highest BCUT2D eigenvalue weighted by Crippen LogP contribution is 2.24. The third-order valence-electron chi connectivity index (χ3n) is 3.09. The third-order valence-corrected chi connectivity index (χ3v) is 3.09. The van der Waals surface area contributed by atoms with Crippen molar-refractivity contribution in [2.45, 2.75) is 19.4 Å². The van der Waals surface area contributed by atoms with Crippen LogP contribution in [0.3, 0.4) is 0 Å². The number of fused-ring (bicyclic) bond motifs is 1. The molecule has 0 bridgehead atoms. The summed E-state index contributed by atoms with van der Waals surface area (Å²) in [5.74, 6) is -0.664. The average molecular weight is 262 g/mol. The zero-order valence-corrected chi connectivity index (χ0v) is 10.5. The monoisotopic (exact) mass is 262 g/mol. The molecule has 3 rings (SSSR count). The smallest absolute Gasteiger partial charge is 0.341 e. The Balaban J connectivity index is 2.03. The molecule has 6 nitrogen and oxygen atoms in total. The van der Waals surface area contributed by atoms with Gasteiger partial charge in [-0.2, -0.15) is 0 Å². The Labute approximate surface area is 109 Å². The van der Waals surface area contributed by atoms with Crippen molar-refractivity contribution in [3.63, 3.8) is 0 Å². The summed E-state index contributed by atoms with van der Waals surface area (Å²) in [6, 6.07) is 1.66. The molecule has 19 heavy (non-hydrogen) atoms. The lowest BCUT2D eigenvalue weighted by Gasteiger charge is -2.14. The maximum atomic E-state index is 11.3. The van der Waals surface area contributed by atoms with Crippen LogP contribution in [0, 0.1) is 6.92 Å². The summed E-state index contributed by atoms with van der Waals surface area (Å²) in [4.78, 5) is 15.6. The molecule has 1 unspecified atom stereocenters. The van der Waals surface area contributed by atoms with Gasteiger partial charge in [-0.3, -0.25) is 0 Å². The second-order valence-electron chi connectivity index (χ2n) is 4.61. The molecule has 0 amide bonds. The highest BCUT2D eigenvalue weighted by atomic mass is 16.5. The van der Waals surface area contributed by atoms with Crippen LogP contribution in [0.1, 0.15) is 22.5 Å². The van der Waals surface area contributed by atoms with E-state index < -0.39 is 5.97 Å². The lowest BCUT2D eigenvalue weighted by Crippen LogP contribution is -2.18. The Hall–Kier alpha value is -2.08. The summed E-state index contributed by atoms with van der Waals surface area (Å²) in [5, 5.41) is 9.26. The van der Waals surface area contributed by atoms with Gasteiger partial charge < -0.3 is 19.0 Å². The number of nitrogens with zero attached hydrogens (tertiary/aromatic N) is 2. The summed E-state index contributed by atoms with van der Waals surface area (Å²) < 4.78 is 12.6. The number of rotatable bonds is 3. The molecule has 0 aliphatic carbocycles. The summed E-state index contributed by atoms with van der Waals surface area (Å²) in [6.07, 6.45) is 4.00. The number of pyridine rings is 1. The van der Waals surface area contributed by atoms with Crippen LogP contribution in [0.4, 0.5) is 0 Å². The second kappa shape index (κ2) is 4.55. The van der Waals surface area contributed by atoms with E-state index >= 15 is 0 Å². The molecule has 1 aliphatic rings. The van der Waals surface area contributed by atoms with Crippen molar-refractivity contribution in [2.75, 3.05) is 13.2 Å². The molecule has 1 atom stereocenters. The molecular formula is C13H14N2O4. The second-order valence-corrected chi connectivity index (χ2v) is 4.61. The minimum Gasteiger partial charge on any atom is -0.487 e. The van der Waals surface area contributed by atoms with Gasteiger partial charge in [0.15, 0.2) is 0 Å². The number of aromatic nitrogens is 2. The molecule has 0 radical (unpaired) electrons. The number of hydrogen-bond acceptors (Lipinski definition) is 4. The van der Waals surface area contributed by atoms with Crippen molar-refractivity contribution < 1.29 is 19.4 Å². The van der Waals surface area contributed by atoms with Gasteiger partial charge in [-0.15, -0.1) is 0 Å². The standard InChI is InChI=1S/C13H14N2O4/c1-8-5-15-6-10(13(16)17)11(4-12(15)14-8)19-9-2-3-18-7-9/h4-6,9H,2-3,7H2,1H3,(H,16,17). The fourth-order valence-electron chi connectivity index (χ4n) is 2.19. The number of imidazole rings is 1. The van der Waals surface area contributed by atoms with Gasteiger partial charge in [0.1, 0.15) is 23.1 Å². The van der Waals surface area contributed by atoms with E-state index in [-0.39, 0.29) is 11.7 Å². The van der Waals surface area contributed by atoms with E-state index in [1.54, 1.807) is 16.7 Å². The molecule has 0 saturated carbocycles. The van der Waals surface area contributed by atoms with Crippen LogP contribution in [0.5, 0.6) is 5.75 Å². The molecule has 2 aromatic rings. The van der Waals surface area contributed by atoms with Crippen LogP contribution in [-0.4, -0.2) is 39.8 Å². The Kier molecular flexibility index (Phi) is 2.87. The fraction of sp³-hybridized carbons (Fsp3) is 0.385. The Morgan fingerprint density at radius 3 is 3.11 bits per heavy atom. The van der Waals surface area contributed by atoms with Crippen molar-refractivity contribution in [2.24, 2.45) is 0 Å². The zero-order valence-electron chi connectivity index (χ0n) is 10.5. The van der Waals surface area contributed by atoms with Gasteiger partial charge in [0.05, 0.1) is 18.9 Å². The lowest BCUT2D eigenvalue weighted by atomic mass is 10.2. The molecule has 1 N–H and O–H groups in total. The summed E-state index contributed by atoms with van der Waals surface area (Å²) in [6.45, 7) is 3.01. The first-order valence-corrected chi connectivity index (χ1v) is 6.10. The molecule has 0 aromatic carbocycles. The number of carboxylic acid groups (broad SMARTS) is 1. The van der Waals surface area contributed by atoms with E-state index in [9.17, 15) is 9.90 Å². The topological polar surface area (TPSA) is 73.1 Å². The highest BCUT2D eigenvalue weighted by Gasteiger charge is 2.21. The minimum absolute atomic E-state index is 0.0865. The highest BCUT2D eigenvalue weighted by molar-refractivity contribution is 5.91. The number of carbonyl (C=O) groups is 1. The number of aryl methyl sites for hydroxylation is 1. The molecular weight excluding hydrogens is 248 g/mol. The van der Waals surface area contributed by atoms with Crippen LogP contribution in [0.15, 0.2) is 18.5 Å². The van der Waals surface area contributed by atoms with Crippen molar-refractivity contribution in [1.82, 2.24) is 9.38 Å². The molecule has 1 saturated heterocycles. The van der Waals surface area contributed by atoms with E-state index in [1.807, 2.05) is 6.92 Å². The number of ether oxygens (including phenoxy) is 2. The SMILES string of the molecule is Cc1cn2cc(C(=O)O)c(OC3CCOC3)cc2n1. The van der Waals surface area contributed by atoms with Gasteiger partial charge in [0.25, 0.3) is 0 Å². The van der Waals surface area contributed by atoms with Gasteiger partial charge in [0, 0.05) is 24.9 Å². The molecule has 2 aromatic heterocycles. The van der Waals surface area contributed by atoms with Gasteiger partial charge in [0.2, 0.25) is 0 Å². The summed E-state index contributed by atoms with van der Waals surface area (Å²) in [5.41, 5.74) is 1.64. The molecule has 100 valence electrons. The van der Waals surface area contributed by atoms with Crippen LogP contribution >= 0.6 is 0 Å². The van der Waals surface area contributed by atoms with E-state index in [0.717, 1.165) is 12.1 Å². The van der Waals surface area contributed by atoms with Crippen LogP contribution in [0.2, 0.25) is 0 Å². The van der Waals surface area contributed by atoms with Crippen molar-refractivity contribution >= 4 is 11.6 Å². The Bertz CT molecular complexity index is 629. The maximum absolute atomic E-state index is 11.3.